The van der Waals surface area contributed by atoms with Crippen molar-refractivity contribution in [3.05, 3.63) is 0 Å². The zero-order valence-corrected chi connectivity index (χ0v) is 15.5. The van der Waals surface area contributed by atoms with E-state index in [1.165, 1.54) is 9.80 Å². The maximum atomic E-state index is 12.8. The molecule has 0 aromatic heterocycles. The van der Waals surface area contributed by atoms with Gasteiger partial charge in [-0.3, -0.25) is 14.4 Å². The van der Waals surface area contributed by atoms with Crippen LogP contribution >= 0.6 is 0 Å². The highest BCUT2D eigenvalue weighted by atomic mass is 16.4. The van der Waals surface area contributed by atoms with E-state index in [2.05, 4.69) is 5.32 Å². The first-order valence-corrected chi connectivity index (χ1v) is 7.81. The van der Waals surface area contributed by atoms with Gasteiger partial charge in [0.25, 0.3) is 0 Å². The van der Waals surface area contributed by atoms with E-state index >= 15 is 0 Å². The van der Waals surface area contributed by atoms with Gasteiger partial charge in [-0.25, -0.2) is 0 Å². The second kappa shape index (κ2) is 8.29. The third kappa shape index (κ3) is 5.49. The van der Waals surface area contributed by atoms with Gasteiger partial charge in [0.2, 0.25) is 11.8 Å². The molecule has 0 unspecified atom stereocenters. The number of amides is 2. The number of rotatable bonds is 8. The fourth-order valence-electron chi connectivity index (χ4n) is 2.39. The number of nitrogens with one attached hydrogen (secondary N) is 1. The van der Waals surface area contributed by atoms with Crippen molar-refractivity contribution in [2.45, 2.75) is 58.7 Å². The van der Waals surface area contributed by atoms with Crippen LogP contribution in [0.5, 0.6) is 0 Å². The normalized spacial score (nSPS) is 14.3. The molecule has 0 heterocycles. The summed E-state index contributed by atoms with van der Waals surface area (Å²) in [6.07, 6.45) is -0.132. The van der Waals surface area contributed by atoms with Crippen LogP contribution in [0.1, 0.15) is 41.0 Å². The second-order valence-electron chi connectivity index (χ2n) is 6.88. The van der Waals surface area contributed by atoms with Crippen molar-refractivity contribution < 1.29 is 19.5 Å². The van der Waals surface area contributed by atoms with Gasteiger partial charge in [0, 0.05) is 20.1 Å². The Balaban J connectivity index is 5.36. The molecule has 0 rings (SSSR count). The molecule has 0 aromatic rings. The quantitative estimate of drug-likeness (QED) is 0.687. The van der Waals surface area contributed by atoms with E-state index in [-0.39, 0.29) is 24.2 Å². The van der Waals surface area contributed by atoms with E-state index in [1.807, 2.05) is 13.8 Å². The molecule has 0 spiro atoms. The van der Waals surface area contributed by atoms with E-state index in [0.29, 0.717) is 0 Å². The molecule has 0 aliphatic carbocycles. The largest absolute Gasteiger partial charge is 0.481 e. The average Bonchev–Trinajstić information content (AvgIpc) is 2.44. The Morgan fingerprint density at radius 2 is 1.57 bits per heavy atom. The van der Waals surface area contributed by atoms with Crippen LogP contribution in [-0.2, 0) is 14.4 Å². The van der Waals surface area contributed by atoms with Crippen molar-refractivity contribution in [2.75, 3.05) is 21.1 Å². The van der Waals surface area contributed by atoms with Crippen molar-refractivity contribution in [1.29, 1.82) is 0 Å². The molecule has 0 aliphatic rings. The minimum atomic E-state index is -0.959. The van der Waals surface area contributed by atoms with Crippen LogP contribution in [0.15, 0.2) is 0 Å². The summed E-state index contributed by atoms with van der Waals surface area (Å²) in [4.78, 5) is 39.1. The van der Waals surface area contributed by atoms with Crippen molar-refractivity contribution in [3.63, 3.8) is 0 Å². The molecule has 0 bridgehead atoms. The molecule has 23 heavy (non-hydrogen) atoms. The molecular formula is C16H31N3O4. The van der Waals surface area contributed by atoms with Crippen LogP contribution in [0.2, 0.25) is 0 Å². The number of hydrogen-bond donors (Lipinski definition) is 2. The fourth-order valence-corrected chi connectivity index (χ4v) is 2.39. The lowest BCUT2D eigenvalue weighted by Gasteiger charge is -2.38. The molecule has 7 heteroatoms. The molecule has 0 fully saturated rings. The smallest absolute Gasteiger partial charge is 0.305 e. The number of carbonyl (C=O) groups is 3. The summed E-state index contributed by atoms with van der Waals surface area (Å²) in [6.45, 7) is 8.93. The molecular weight excluding hydrogens is 298 g/mol. The number of likely N-dealkylation sites (N-methyl/N-ethyl adjacent to an activating group) is 3. The van der Waals surface area contributed by atoms with Gasteiger partial charge in [0.15, 0.2) is 0 Å². The highest BCUT2D eigenvalue weighted by molar-refractivity contribution is 5.91. The molecule has 2 amide bonds. The first-order valence-electron chi connectivity index (χ1n) is 7.81. The Morgan fingerprint density at radius 3 is 1.91 bits per heavy atom. The lowest BCUT2D eigenvalue weighted by Crippen LogP contribution is -2.59. The predicted molar refractivity (Wildman–Crippen MR) is 89.0 cm³/mol. The Labute approximate surface area is 139 Å². The van der Waals surface area contributed by atoms with Gasteiger partial charge in [-0.2, -0.15) is 0 Å². The van der Waals surface area contributed by atoms with Gasteiger partial charge in [0.1, 0.15) is 6.04 Å². The van der Waals surface area contributed by atoms with Crippen LogP contribution in [0.25, 0.3) is 0 Å². The van der Waals surface area contributed by atoms with E-state index < -0.39 is 23.6 Å². The summed E-state index contributed by atoms with van der Waals surface area (Å²) >= 11 is 0. The molecule has 134 valence electrons. The maximum Gasteiger partial charge on any atom is 0.305 e. The van der Waals surface area contributed by atoms with E-state index in [0.717, 1.165) is 0 Å². The van der Waals surface area contributed by atoms with Gasteiger partial charge in [-0.05, 0) is 33.7 Å². The van der Waals surface area contributed by atoms with Crippen LogP contribution in [0, 0.1) is 5.92 Å². The molecule has 0 saturated heterocycles. The highest BCUT2D eigenvalue weighted by Gasteiger charge is 2.38. The van der Waals surface area contributed by atoms with E-state index in [9.17, 15) is 14.4 Å². The molecule has 2 N–H and O–H groups in total. The third-order valence-corrected chi connectivity index (χ3v) is 4.26. The first kappa shape index (κ1) is 21.4. The first-order chi connectivity index (χ1) is 10.4. The minimum Gasteiger partial charge on any atom is -0.481 e. The summed E-state index contributed by atoms with van der Waals surface area (Å²) in [6, 6.07) is -1.08. The molecule has 2 atom stereocenters. The molecule has 0 aromatic carbocycles. The molecule has 0 aliphatic heterocycles. The number of nitrogens with zero attached hydrogens (tertiary/aromatic N) is 2. The van der Waals surface area contributed by atoms with Crippen molar-refractivity contribution in [1.82, 2.24) is 15.1 Å². The standard InChI is InChI=1S/C16H31N3O4/c1-10(2)13(19(8)15(23)16(4,5)17-6)14(22)18(7)11(3)9-12(20)21/h10-11,13,17H,9H2,1-8H3,(H,20,21)/t11-,13+/m1/s1. The predicted octanol–water partition coefficient (Wildman–Crippen LogP) is 0.789. The van der Waals surface area contributed by atoms with Crippen LogP contribution in [0.3, 0.4) is 0 Å². The summed E-state index contributed by atoms with van der Waals surface area (Å²) in [5.41, 5.74) is -0.784. The van der Waals surface area contributed by atoms with Crippen molar-refractivity contribution in [3.8, 4) is 0 Å². The summed E-state index contributed by atoms with van der Waals surface area (Å²) in [5, 5.41) is 11.8. The summed E-state index contributed by atoms with van der Waals surface area (Å²) in [5.74, 6) is -1.49. The van der Waals surface area contributed by atoms with Crippen molar-refractivity contribution in [2.24, 2.45) is 5.92 Å². The maximum absolute atomic E-state index is 12.8. The number of carboxylic acids is 1. The highest BCUT2D eigenvalue weighted by Crippen LogP contribution is 2.18. The lowest BCUT2D eigenvalue weighted by atomic mass is 9.96. The van der Waals surface area contributed by atoms with Gasteiger partial charge < -0.3 is 20.2 Å². The van der Waals surface area contributed by atoms with E-state index in [4.69, 9.17) is 5.11 Å². The molecule has 7 nitrogen and oxygen atoms in total. The van der Waals surface area contributed by atoms with Gasteiger partial charge >= 0.3 is 5.97 Å². The monoisotopic (exact) mass is 329 g/mol. The Kier molecular flexibility index (Phi) is 7.70. The Morgan fingerprint density at radius 1 is 1.09 bits per heavy atom. The third-order valence-electron chi connectivity index (χ3n) is 4.26. The molecule has 0 saturated carbocycles. The van der Waals surface area contributed by atoms with Crippen LogP contribution in [0.4, 0.5) is 0 Å². The number of hydrogen-bond acceptors (Lipinski definition) is 4. The zero-order chi connectivity index (χ0) is 18.5. The van der Waals surface area contributed by atoms with Crippen LogP contribution in [-0.4, -0.2) is 71.5 Å². The van der Waals surface area contributed by atoms with Crippen LogP contribution < -0.4 is 5.32 Å². The summed E-state index contributed by atoms with van der Waals surface area (Å²) < 4.78 is 0. The number of carbonyl (C=O) groups excluding carboxylic acids is 2. The Hall–Kier alpha value is -1.63. The SMILES string of the molecule is CNC(C)(C)C(=O)N(C)[C@H](C(=O)N(C)[C@H](C)CC(=O)O)C(C)C. The fraction of sp³-hybridized carbons (Fsp3) is 0.812. The van der Waals surface area contributed by atoms with Gasteiger partial charge in [0.05, 0.1) is 12.0 Å². The average molecular weight is 329 g/mol. The zero-order valence-electron chi connectivity index (χ0n) is 15.5. The summed E-state index contributed by atoms with van der Waals surface area (Å²) in [7, 11) is 4.88. The second-order valence-corrected chi connectivity index (χ2v) is 6.88. The van der Waals surface area contributed by atoms with E-state index in [1.54, 1.807) is 41.9 Å². The van der Waals surface area contributed by atoms with Gasteiger partial charge in [-0.15, -0.1) is 0 Å². The minimum absolute atomic E-state index is 0.0939. The topological polar surface area (TPSA) is 90.0 Å². The Bertz CT molecular complexity index is 449. The number of carboxylic acid groups (broad SMARTS) is 1. The van der Waals surface area contributed by atoms with Crippen molar-refractivity contribution >= 4 is 17.8 Å². The van der Waals surface area contributed by atoms with Gasteiger partial charge in [-0.1, -0.05) is 13.8 Å². The number of aliphatic carboxylic acids is 1. The lowest BCUT2D eigenvalue weighted by molar-refractivity contribution is -0.150. The molecule has 0 radical (unpaired) electrons.